The van der Waals surface area contributed by atoms with Gasteiger partial charge in [-0.15, -0.1) is 0 Å². The highest BCUT2D eigenvalue weighted by Gasteiger charge is 2.15. The standard InChI is InChI=1S/C22H24N4O6/c1-28-17-8-6-13(10-19(17)30-3)15-11-16(25-24-15)22(27)26-23-12-14-7-9-18(29-2)21(32-5)20(14)31-4/h6-12H,1-5H3,(H,24,25)(H,26,27)/b23-12+. The van der Waals surface area contributed by atoms with E-state index < -0.39 is 5.91 Å². The molecule has 3 rings (SSSR count). The molecule has 0 fully saturated rings. The van der Waals surface area contributed by atoms with Gasteiger partial charge in [0.1, 0.15) is 5.69 Å². The molecule has 0 aliphatic carbocycles. The van der Waals surface area contributed by atoms with Crippen LogP contribution in [0, 0.1) is 0 Å². The van der Waals surface area contributed by atoms with Crippen LogP contribution in [0.4, 0.5) is 0 Å². The van der Waals surface area contributed by atoms with Crippen molar-refractivity contribution in [3.05, 3.63) is 47.7 Å². The van der Waals surface area contributed by atoms with E-state index in [2.05, 4.69) is 20.7 Å². The minimum atomic E-state index is -0.458. The maximum absolute atomic E-state index is 12.5. The molecule has 2 aromatic carbocycles. The lowest BCUT2D eigenvalue weighted by molar-refractivity contribution is 0.0950. The number of H-pyrrole nitrogens is 1. The highest BCUT2D eigenvalue weighted by molar-refractivity contribution is 5.94. The second kappa shape index (κ2) is 10.2. The molecule has 32 heavy (non-hydrogen) atoms. The van der Waals surface area contributed by atoms with Gasteiger partial charge in [0.15, 0.2) is 23.0 Å². The van der Waals surface area contributed by atoms with Crippen molar-refractivity contribution in [3.63, 3.8) is 0 Å². The number of aromatic nitrogens is 2. The number of amides is 1. The van der Waals surface area contributed by atoms with Crippen molar-refractivity contribution in [2.24, 2.45) is 5.10 Å². The number of hydrazone groups is 1. The molecule has 0 bridgehead atoms. The number of aromatic amines is 1. The van der Waals surface area contributed by atoms with Gasteiger partial charge in [0.25, 0.3) is 5.91 Å². The third-order valence-electron chi connectivity index (χ3n) is 4.61. The third kappa shape index (κ3) is 4.59. The van der Waals surface area contributed by atoms with E-state index in [1.54, 1.807) is 44.6 Å². The first-order chi connectivity index (χ1) is 15.6. The fourth-order valence-corrected chi connectivity index (χ4v) is 3.03. The molecule has 10 nitrogen and oxygen atoms in total. The summed E-state index contributed by atoms with van der Waals surface area (Å²) in [7, 11) is 7.67. The maximum atomic E-state index is 12.5. The van der Waals surface area contributed by atoms with Crippen LogP contribution < -0.4 is 29.1 Å². The maximum Gasteiger partial charge on any atom is 0.289 e. The van der Waals surface area contributed by atoms with Crippen LogP contribution in [0.25, 0.3) is 11.3 Å². The molecule has 0 atom stereocenters. The number of benzene rings is 2. The Morgan fingerprint density at radius 3 is 2.22 bits per heavy atom. The normalized spacial score (nSPS) is 10.7. The molecule has 0 radical (unpaired) electrons. The summed E-state index contributed by atoms with van der Waals surface area (Å²) < 4.78 is 26.5. The predicted octanol–water partition coefficient (Wildman–Crippen LogP) is 2.88. The van der Waals surface area contributed by atoms with Crippen molar-refractivity contribution in [1.29, 1.82) is 0 Å². The minimum Gasteiger partial charge on any atom is -0.493 e. The smallest absolute Gasteiger partial charge is 0.289 e. The van der Waals surface area contributed by atoms with Gasteiger partial charge in [-0.2, -0.15) is 10.2 Å². The molecule has 0 aliphatic heterocycles. The molecule has 3 aromatic rings. The number of carbonyl (C=O) groups is 1. The molecule has 0 unspecified atom stereocenters. The van der Waals surface area contributed by atoms with Gasteiger partial charge in [-0.25, -0.2) is 5.43 Å². The van der Waals surface area contributed by atoms with Crippen molar-refractivity contribution in [1.82, 2.24) is 15.6 Å². The first-order valence-electron chi connectivity index (χ1n) is 9.46. The van der Waals surface area contributed by atoms with Gasteiger partial charge in [-0.1, -0.05) is 0 Å². The largest absolute Gasteiger partial charge is 0.493 e. The van der Waals surface area contributed by atoms with Gasteiger partial charge in [0.2, 0.25) is 5.75 Å². The Labute approximate surface area is 185 Å². The number of hydrogen-bond donors (Lipinski definition) is 2. The van der Waals surface area contributed by atoms with Crippen LogP contribution in [0.1, 0.15) is 16.1 Å². The van der Waals surface area contributed by atoms with Crippen LogP contribution in [0.5, 0.6) is 28.7 Å². The molecular formula is C22H24N4O6. The molecule has 1 amide bonds. The van der Waals surface area contributed by atoms with Gasteiger partial charge < -0.3 is 23.7 Å². The summed E-state index contributed by atoms with van der Waals surface area (Å²) in [4.78, 5) is 12.5. The van der Waals surface area contributed by atoms with Crippen molar-refractivity contribution in [2.75, 3.05) is 35.5 Å². The Balaban J connectivity index is 1.74. The second-order valence-electron chi connectivity index (χ2n) is 6.36. The lowest BCUT2D eigenvalue weighted by atomic mass is 10.1. The molecule has 0 spiro atoms. The Morgan fingerprint density at radius 1 is 0.875 bits per heavy atom. The molecular weight excluding hydrogens is 416 g/mol. The van der Waals surface area contributed by atoms with Crippen LogP contribution in [0.3, 0.4) is 0 Å². The van der Waals surface area contributed by atoms with E-state index in [0.29, 0.717) is 40.0 Å². The highest BCUT2D eigenvalue weighted by atomic mass is 16.5. The van der Waals surface area contributed by atoms with Gasteiger partial charge >= 0.3 is 0 Å². The second-order valence-corrected chi connectivity index (χ2v) is 6.36. The zero-order valence-corrected chi connectivity index (χ0v) is 18.4. The number of carbonyl (C=O) groups excluding carboxylic acids is 1. The number of nitrogens with zero attached hydrogens (tertiary/aromatic N) is 2. The summed E-state index contributed by atoms with van der Waals surface area (Å²) in [5.41, 5.74) is 4.63. The summed E-state index contributed by atoms with van der Waals surface area (Å²) in [5.74, 6) is 2.09. The Hall–Kier alpha value is -4.21. The number of methoxy groups -OCH3 is 5. The van der Waals surface area contributed by atoms with E-state index in [-0.39, 0.29) is 5.69 Å². The first kappa shape index (κ1) is 22.5. The predicted molar refractivity (Wildman–Crippen MR) is 118 cm³/mol. The van der Waals surface area contributed by atoms with E-state index in [9.17, 15) is 4.79 Å². The SMILES string of the molecule is COc1ccc(-c2cc(C(=O)N/N=C/c3ccc(OC)c(OC)c3OC)[nH]n2)cc1OC. The van der Waals surface area contributed by atoms with Crippen molar-refractivity contribution >= 4 is 12.1 Å². The van der Waals surface area contributed by atoms with Crippen molar-refractivity contribution in [3.8, 4) is 40.0 Å². The topological polar surface area (TPSA) is 116 Å². The monoisotopic (exact) mass is 440 g/mol. The van der Waals surface area contributed by atoms with Crippen molar-refractivity contribution in [2.45, 2.75) is 0 Å². The van der Waals surface area contributed by atoms with E-state index >= 15 is 0 Å². The molecule has 10 heteroatoms. The molecule has 1 heterocycles. The van der Waals surface area contributed by atoms with Crippen LogP contribution in [0.15, 0.2) is 41.5 Å². The van der Waals surface area contributed by atoms with Crippen LogP contribution in [-0.4, -0.2) is 57.9 Å². The number of rotatable bonds is 9. The van der Waals surface area contributed by atoms with E-state index in [4.69, 9.17) is 23.7 Å². The van der Waals surface area contributed by atoms with Gasteiger partial charge in [0, 0.05) is 11.1 Å². The van der Waals surface area contributed by atoms with Crippen LogP contribution in [0.2, 0.25) is 0 Å². The summed E-state index contributed by atoms with van der Waals surface area (Å²) in [6.07, 6.45) is 1.45. The lowest BCUT2D eigenvalue weighted by Gasteiger charge is -2.13. The number of ether oxygens (including phenoxy) is 5. The minimum absolute atomic E-state index is 0.242. The molecule has 1 aromatic heterocycles. The molecule has 0 saturated carbocycles. The average Bonchev–Trinajstić information content (AvgIpc) is 3.33. The third-order valence-corrected chi connectivity index (χ3v) is 4.61. The molecule has 0 aliphatic rings. The molecule has 0 saturated heterocycles. The van der Waals surface area contributed by atoms with Gasteiger partial charge in [-0.05, 0) is 36.4 Å². The summed E-state index contributed by atoms with van der Waals surface area (Å²) in [6, 6.07) is 10.4. The molecule has 2 N–H and O–H groups in total. The zero-order valence-electron chi connectivity index (χ0n) is 18.4. The van der Waals surface area contributed by atoms with E-state index in [1.807, 2.05) is 6.07 Å². The number of hydrogen-bond acceptors (Lipinski definition) is 8. The first-order valence-corrected chi connectivity index (χ1v) is 9.46. The fraction of sp³-hybridized carbons (Fsp3) is 0.227. The highest BCUT2D eigenvalue weighted by Crippen LogP contribution is 2.39. The summed E-state index contributed by atoms with van der Waals surface area (Å²) >= 11 is 0. The zero-order chi connectivity index (χ0) is 23.1. The van der Waals surface area contributed by atoms with E-state index in [0.717, 1.165) is 5.56 Å². The van der Waals surface area contributed by atoms with Gasteiger partial charge in [-0.3, -0.25) is 9.89 Å². The Kier molecular flexibility index (Phi) is 7.17. The van der Waals surface area contributed by atoms with Crippen molar-refractivity contribution < 1.29 is 28.5 Å². The quantitative estimate of drug-likeness (QED) is 0.388. The average molecular weight is 440 g/mol. The molecule has 168 valence electrons. The van der Waals surface area contributed by atoms with Crippen LogP contribution in [-0.2, 0) is 0 Å². The summed E-state index contributed by atoms with van der Waals surface area (Å²) in [6.45, 7) is 0. The fourth-order valence-electron chi connectivity index (χ4n) is 3.03. The summed E-state index contributed by atoms with van der Waals surface area (Å²) in [5, 5.41) is 10.9. The number of nitrogens with one attached hydrogen (secondary N) is 2. The Morgan fingerprint density at radius 2 is 1.56 bits per heavy atom. The van der Waals surface area contributed by atoms with Gasteiger partial charge in [0.05, 0.1) is 47.5 Å². The Bertz CT molecular complexity index is 1130. The van der Waals surface area contributed by atoms with Crippen LogP contribution >= 0.6 is 0 Å². The lowest BCUT2D eigenvalue weighted by Crippen LogP contribution is -2.18. The van der Waals surface area contributed by atoms with E-state index in [1.165, 1.54) is 27.5 Å².